The molecule has 0 aliphatic heterocycles. The maximum absolute atomic E-state index is 13.5. The molecule has 1 aromatic rings. The third-order valence-electron chi connectivity index (χ3n) is 2.74. The summed E-state index contributed by atoms with van der Waals surface area (Å²) >= 11 is 0. The lowest BCUT2D eigenvalue weighted by Crippen LogP contribution is -2.27. The number of ether oxygens (including phenoxy) is 1. The Hall–Kier alpha value is -1.73. The van der Waals surface area contributed by atoms with Crippen molar-refractivity contribution in [3.63, 3.8) is 0 Å². The number of benzene rings is 1. The predicted octanol–water partition coefficient (Wildman–Crippen LogP) is 0.894. The Morgan fingerprint density at radius 3 is 2.35 bits per heavy atom. The summed E-state index contributed by atoms with van der Waals surface area (Å²) in [4.78, 5) is 10.7. The van der Waals surface area contributed by atoms with Gasteiger partial charge in [0.05, 0.1) is 13.2 Å². The first-order valence-corrected chi connectivity index (χ1v) is 6.00. The molecule has 0 bridgehead atoms. The van der Waals surface area contributed by atoms with Gasteiger partial charge in [-0.05, 0) is 24.1 Å². The van der Waals surface area contributed by atoms with Crippen LogP contribution in [0.2, 0.25) is 0 Å². The van der Waals surface area contributed by atoms with E-state index in [0.29, 0.717) is 0 Å². The molecule has 1 aromatic carbocycles. The molecule has 1 amide bonds. The van der Waals surface area contributed by atoms with E-state index in [9.17, 15) is 23.8 Å². The summed E-state index contributed by atoms with van der Waals surface area (Å²) in [7, 11) is 1.12. The normalized spacial score (nSPS) is 13.7. The fourth-order valence-electron chi connectivity index (χ4n) is 1.72. The van der Waals surface area contributed by atoms with Crippen LogP contribution in [0.5, 0.6) is 5.75 Å². The van der Waals surface area contributed by atoms with E-state index >= 15 is 0 Å². The molecule has 0 spiro atoms. The lowest BCUT2D eigenvalue weighted by atomic mass is 10.0. The van der Waals surface area contributed by atoms with E-state index in [1.54, 1.807) is 0 Å². The second-order valence-corrected chi connectivity index (χ2v) is 4.30. The van der Waals surface area contributed by atoms with Crippen molar-refractivity contribution >= 4 is 5.91 Å². The van der Waals surface area contributed by atoms with E-state index < -0.39 is 29.6 Å². The van der Waals surface area contributed by atoms with Crippen LogP contribution in [0.1, 0.15) is 25.0 Å². The van der Waals surface area contributed by atoms with Crippen molar-refractivity contribution in [2.75, 3.05) is 13.7 Å². The number of hydrogen-bond acceptors (Lipinski definition) is 4. The van der Waals surface area contributed by atoms with Crippen LogP contribution in [0, 0.1) is 11.6 Å². The summed E-state index contributed by atoms with van der Waals surface area (Å²) in [5.74, 6) is -2.74. The second kappa shape index (κ2) is 7.16. The molecule has 0 heterocycles. The molecule has 0 aliphatic rings. The van der Waals surface area contributed by atoms with Crippen LogP contribution in [-0.4, -0.2) is 35.9 Å². The van der Waals surface area contributed by atoms with Crippen LogP contribution in [0.25, 0.3) is 0 Å². The summed E-state index contributed by atoms with van der Waals surface area (Å²) in [6.07, 6.45) is -2.66. The van der Waals surface area contributed by atoms with Crippen LogP contribution in [0.15, 0.2) is 12.1 Å². The molecule has 0 fully saturated rings. The standard InChI is InChI=1S/C13H17F2NO4/c1-7(17)16-4-3-11(18)12(19)8-5-9(14)13(20-2)10(15)6-8/h5-6,11-12,18-19H,3-4H2,1-2H3,(H,16,17). The number of nitrogens with one attached hydrogen (secondary N) is 1. The molecule has 2 atom stereocenters. The largest absolute Gasteiger partial charge is 0.491 e. The zero-order chi connectivity index (χ0) is 15.3. The van der Waals surface area contributed by atoms with Crippen molar-refractivity contribution in [1.29, 1.82) is 0 Å². The molecule has 3 N–H and O–H groups in total. The third-order valence-corrected chi connectivity index (χ3v) is 2.74. The molecule has 20 heavy (non-hydrogen) atoms. The summed E-state index contributed by atoms with van der Waals surface area (Å²) in [5, 5.41) is 22.0. The average Bonchev–Trinajstić information content (AvgIpc) is 2.36. The van der Waals surface area contributed by atoms with Crippen molar-refractivity contribution in [3.8, 4) is 5.75 Å². The molecule has 0 aromatic heterocycles. The first kappa shape index (κ1) is 16.3. The fourth-order valence-corrected chi connectivity index (χ4v) is 1.72. The Bertz CT molecular complexity index is 458. The van der Waals surface area contributed by atoms with Gasteiger partial charge in [-0.2, -0.15) is 0 Å². The first-order chi connectivity index (χ1) is 9.36. The molecular weight excluding hydrogens is 272 g/mol. The van der Waals surface area contributed by atoms with Crippen molar-refractivity contribution in [1.82, 2.24) is 5.32 Å². The third kappa shape index (κ3) is 4.14. The smallest absolute Gasteiger partial charge is 0.216 e. The fraction of sp³-hybridized carbons (Fsp3) is 0.462. The number of aliphatic hydroxyl groups excluding tert-OH is 2. The zero-order valence-electron chi connectivity index (χ0n) is 11.2. The minimum Gasteiger partial charge on any atom is -0.491 e. The van der Waals surface area contributed by atoms with Crippen LogP contribution >= 0.6 is 0 Å². The van der Waals surface area contributed by atoms with E-state index in [-0.39, 0.29) is 24.4 Å². The van der Waals surface area contributed by atoms with Gasteiger partial charge in [-0.15, -0.1) is 0 Å². The average molecular weight is 289 g/mol. The summed E-state index contributed by atoms with van der Waals surface area (Å²) in [6, 6.07) is 1.79. The molecule has 5 nitrogen and oxygen atoms in total. The van der Waals surface area contributed by atoms with E-state index in [1.807, 2.05) is 0 Å². The minimum atomic E-state index is -1.46. The van der Waals surface area contributed by atoms with E-state index in [4.69, 9.17) is 0 Å². The first-order valence-electron chi connectivity index (χ1n) is 6.00. The zero-order valence-corrected chi connectivity index (χ0v) is 11.2. The monoisotopic (exact) mass is 289 g/mol. The van der Waals surface area contributed by atoms with Crippen molar-refractivity contribution in [2.24, 2.45) is 0 Å². The van der Waals surface area contributed by atoms with Gasteiger partial charge in [-0.3, -0.25) is 4.79 Å². The van der Waals surface area contributed by atoms with Crippen LogP contribution in [0.3, 0.4) is 0 Å². The Morgan fingerprint density at radius 1 is 1.35 bits per heavy atom. The summed E-state index contributed by atoms with van der Waals surface area (Å²) in [6.45, 7) is 1.46. The molecule has 0 radical (unpaired) electrons. The van der Waals surface area contributed by atoms with E-state index in [2.05, 4.69) is 10.1 Å². The molecule has 1 rings (SSSR count). The van der Waals surface area contributed by atoms with E-state index in [1.165, 1.54) is 6.92 Å². The number of carbonyl (C=O) groups excluding carboxylic acids is 1. The Morgan fingerprint density at radius 2 is 1.90 bits per heavy atom. The quantitative estimate of drug-likeness (QED) is 0.727. The summed E-state index contributed by atoms with van der Waals surface area (Å²) < 4.78 is 31.5. The number of methoxy groups -OCH3 is 1. The highest BCUT2D eigenvalue weighted by molar-refractivity contribution is 5.72. The number of aliphatic hydroxyl groups is 2. The molecule has 0 aliphatic carbocycles. The lowest BCUT2D eigenvalue weighted by Gasteiger charge is -2.19. The SMILES string of the molecule is COc1c(F)cc(C(O)C(O)CCNC(C)=O)cc1F. The summed E-state index contributed by atoms with van der Waals surface area (Å²) in [5.41, 5.74) is -0.101. The molecule has 2 unspecified atom stereocenters. The molecular formula is C13H17F2NO4. The van der Waals surface area contributed by atoms with Gasteiger partial charge in [0.15, 0.2) is 17.4 Å². The number of carbonyl (C=O) groups is 1. The Balaban J connectivity index is 2.76. The van der Waals surface area contributed by atoms with Gasteiger partial charge in [-0.25, -0.2) is 8.78 Å². The maximum Gasteiger partial charge on any atom is 0.216 e. The predicted molar refractivity (Wildman–Crippen MR) is 67.2 cm³/mol. The topological polar surface area (TPSA) is 78.8 Å². The van der Waals surface area contributed by atoms with Gasteiger partial charge < -0.3 is 20.3 Å². The highest BCUT2D eigenvalue weighted by Crippen LogP contribution is 2.27. The number of halogens is 2. The van der Waals surface area contributed by atoms with Crippen molar-refractivity contribution in [3.05, 3.63) is 29.3 Å². The molecule has 112 valence electrons. The Kier molecular flexibility index (Phi) is 5.84. The van der Waals surface area contributed by atoms with Crippen LogP contribution in [-0.2, 0) is 4.79 Å². The minimum absolute atomic E-state index is 0.0516. The molecule has 0 saturated carbocycles. The van der Waals surface area contributed by atoms with Gasteiger partial charge in [0.1, 0.15) is 6.10 Å². The lowest BCUT2D eigenvalue weighted by molar-refractivity contribution is -0.119. The van der Waals surface area contributed by atoms with Gasteiger partial charge >= 0.3 is 0 Å². The van der Waals surface area contributed by atoms with Crippen molar-refractivity contribution in [2.45, 2.75) is 25.6 Å². The number of amides is 1. The van der Waals surface area contributed by atoms with E-state index in [0.717, 1.165) is 19.2 Å². The molecule has 0 saturated heterocycles. The number of rotatable bonds is 6. The van der Waals surface area contributed by atoms with Gasteiger partial charge in [0.2, 0.25) is 5.91 Å². The van der Waals surface area contributed by atoms with Gasteiger partial charge in [-0.1, -0.05) is 0 Å². The number of hydrogen-bond donors (Lipinski definition) is 3. The van der Waals surface area contributed by atoms with Crippen molar-refractivity contribution < 1.29 is 28.5 Å². The second-order valence-electron chi connectivity index (χ2n) is 4.30. The maximum atomic E-state index is 13.5. The van der Waals surface area contributed by atoms with Gasteiger partial charge in [0, 0.05) is 13.5 Å². The van der Waals surface area contributed by atoms with Gasteiger partial charge in [0.25, 0.3) is 0 Å². The highest BCUT2D eigenvalue weighted by Gasteiger charge is 2.22. The van der Waals surface area contributed by atoms with Crippen LogP contribution in [0.4, 0.5) is 8.78 Å². The Labute approximate surface area is 115 Å². The highest BCUT2D eigenvalue weighted by atomic mass is 19.1. The molecule has 7 heteroatoms. The van der Waals surface area contributed by atoms with Crippen LogP contribution < -0.4 is 10.1 Å².